The fraction of sp³-hybridized carbons (Fsp3) is 0.571. The zero-order valence-electron chi connectivity index (χ0n) is 11.1. The number of aliphatic hydroxyl groups is 1. The summed E-state index contributed by atoms with van der Waals surface area (Å²) >= 11 is 3.49. The maximum atomic E-state index is 9.62. The average molecular weight is 330 g/mol. The van der Waals surface area contributed by atoms with Gasteiger partial charge >= 0.3 is 0 Å². The second-order valence-electron chi connectivity index (χ2n) is 4.72. The van der Waals surface area contributed by atoms with Crippen LogP contribution in [0.4, 0.5) is 0 Å². The highest BCUT2D eigenvalue weighted by Crippen LogP contribution is 2.33. The number of benzene rings is 1. The first kappa shape index (κ1) is 14.8. The minimum atomic E-state index is -0.403. The SMILES string of the molecule is COCC(O)CCNC1CCOc2ccc(Br)cc21. The largest absolute Gasteiger partial charge is 0.493 e. The quantitative estimate of drug-likeness (QED) is 0.840. The Balaban J connectivity index is 1.90. The zero-order valence-corrected chi connectivity index (χ0v) is 12.6. The summed E-state index contributed by atoms with van der Waals surface area (Å²) in [6.07, 6.45) is 1.23. The normalized spacial score (nSPS) is 19.6. The van der Waals surface area contributed by atoms with Gasteiger partial charge in [0.2, 0.25) is 0 Å². The molecule has 0 saturated carbocycles. The van der Waals surface area contributed by atoms with Crippen LogP contribution in [0.5, 0.6) is 5.75 Å². The van der Waals surface area contributed by atoms with Crippen molar-refractivity contribution in [3.05, 3.63) is 28.2 Å². The van der Waals surface area contributed by atoms with E-state index >= 15 is 0 Å². The number of rotatable bonds is 6. The number of methoxy groups -OCH3 is 1. The minimum absolute atomic E-state index is 0.288. The van der Waals surface area contributed by atoms with Gasteiger partial charge in [-0.1, -0.05) is 15.9 Å². The van der Waals surface area contributed by atoms with Crippen LogP contribution in [-0.2, 0) is 4.74 Å². The van der Waals surface area contributed by atoms with Gasteiger partial charge in [0.1, 0.15) is 5.75 Å². The number of hydrogen-bond acceptors (Lipinski definition) is 4. The van der Waals surface area contributed by atoms with E-state index in [0.29, 0.717) is 13.0 Å². The molecule has 5 heteroatoms. The summed E-state index contributed by atoms with van der Waals surface area (Å²) in [5, 5.41) is 13.1. The first-order chi connectivity index (χ1) is 9.20. The second-order valence-corrected chi connectivity index (χ2v) is 5.64. The van der Waals surface area contributed by atoms with E-state index in [9.17, 15) is 5.11 Å². The number of aliphatic hydroxyl groups excluding tert-OH is 1. The van der Waals surface area contributed by atoms with Crippen LogP contribution in [0.3, 0.4) is 0 Å². The molecule has 1 aliphatic rings. The van der Waals surface area contributed by atoms with Gasteiger partial charge in [-0.25, -0.2) is 0 Å². The minimum Gasteiger partial charge on any atom is -0.493 e. The van der Waals surface area contributed by atoms with Gasteiger partial charge in [0.25, 0.3) is 0 Å². The molecular weight excluding hydrogens is 310 g/mol. The van der Waals surface area contributed by atoms with Crippen LogP contribution in [0.2, 0.25) is 0 Å². The Bertz CT molecular complexity index is 414. The monoisotopic (exact) mass is 329 g/mol. The molecule has 0 amide bonds. The highest BCUT2D eigenvalue weighted by atomic mass is 79.9. The van der Waals surface area contributed by atoms with Crippen molar-refractivity contribution in [1.82, 2.24) is 5.32 Å². The van der Waals surface area contributed by atoms with E-state index < -0.39 is 6.10 Å². The third kappa shape index (κ3) is 4.18. The fourth-order valence-electron chi connectivity index (χ4n) is 2.28. The van der Waals surface area contributed by atoms with Crippen LogP contribution in [0.1, 0.15) is 24.4 Å². The molecule has 2 N–H and O–H groups in total. The first-order valence-electron chi connectivity index (χ1n) is 6.53. The van der Waals surface area contributed by atoms with Gasteiger partial charge in [-0.2, -0.15) is 0 Å². The van der Waals surface area contributed by atoms with Crippen molar-refractivity contribution in [2.75, 3.05) is 26.9 Å². The third-order valence-corrected chi connectivity index (χ3v) is 3.73. The summed E-state index contributed by atoms with van der Waals surface area (Å²) in [6, 6.07) is 6.37. The second kappa shape index (κ2) is 7.24. The van der Waals surface area contributed by atoms with Crippen LogP contribution in [0.15, 0.2) is 22.7 Å². The Kier molecular flexibility index (Phi) is 5.63. The van der Waals surface area contributed by atoms with E-state index in [1.54, 1.807) is 7.11 Å². The smallest absolute Gasteiger partial charge is 0.124 e. The Morgan fingerprint density at radius 3 is 3.21 bits per heavy atom. The molecule has 0 fully saturated rings. The molecule has 0 radical (unpaired) electrons. The van der Waals surface area contributed by atoms with E-state index in [-0.39, 0.29) is 6.04 Å². The Hall–Kier alpha value is -0.620. The number of halogens is 1. The topological polar surface area (TPSA) is 50.7 Å². The number of fused-ring (bicyclic) bond motifs is 1. The molecule has 1 aliphatic heterocycles. The fourth-order valence-corrected chi connectivity index (χ4v) is 2.66. The molecule has 0 aliphatic carbocycles. The molecule has 4 nitrogen and oxygen atoms in total. The Labute approximate surface area is 122 Å². The molecule has 2 rings (SSSR count). The molecule has 1 aromatic rings. The lowest BCUT2D eigenvalue weighted by Crippen LogP contribution is -2.30. The predicted molar refractivity (Wildman–Crippen MR) is 77.5 cm³/mol. The molecule has 0 spiro atoms. The molecule has 2 atom stereocenters. The summed E-state index contributed by atoms with van der Waals surface area (Å²) in [7, 11) is 1.60. The van der Waals surface area contributed by atoms with Gasteiger partial charge < -0.3 is 19.9 Å². The summed E-state index contributed by atoms with van der Waals surface area (Å²) < 4.78 is 11.6. The number of hydrogen-bond donors (Lipinski definition) is 2. The van der Waals surface area contributed by atoms with Crippen molar-refractivity contribution in [3.63, 3.8) is 0 Å². The summed E-state index contributed by atoms with van der Waals surface area (Å²) in [4.78, 5) is 0. The Morgan fingerprint density at radius 1 is 1.58 bits per heavy atom. The highest BCUT2D eigenvalue weighted by Gasteiger charge is 2.21. The molecule has 0 aromatic heterocycles. The van der Waals surface area contributed by atoms with E-state index in [1.165, 1.54) is 5.56 Å². The van der Waals surface area contributed by atoms with Crippen molar-refractivity contribution in [2.24, 2.45) is 0 Å². The molecule has 106 valence electrons. The van der Waals surface area contributed by atoms with Crippen LogP contribution in [-0.4, -0.2) is 38.1 Å². The van der Waals surface area contributed by atoms with Gasteiger partial charge in [0, 0.05) is 29.6 Å². The summed E-state index contributed by atoms with van der Waals surface area (Å²) in [5.41, 5.74) is 1.18. The summed E-state index contributed by atoms with van der Waals surface area (Å²) in [6.45, 7) is 1.88. The maximum absolute atomic E-state index is 9.62. The van der Waals surface area contributed by atoms with Crippen molar-refractivity contribution >= 4 is 15.9 Å². The standard InChI is InChI=1S/C14H20BrNO3/c1-18-9-11(17)4-6-16-13-5-7-19-14-3-2-10(15)8-12(13)14/h2-3,8,11,13,16-17H,4-7,9H2,1H3. The maximum Gasteiger partial charge on any atom is 0.124 e. The van der Waals surface area contributed by atoms with Gasteiger partial charge in [0.05, 0.1) is 19.3 Å². The van der Waals surface area contributed by atoms with E-state index in [2.05, 4.69) is 27.3 Å². The highest BCUT2D eigenvalue weighted by molar-refractivity contribution is 9.10. The van der Waals surface area contributed by atoms with Crippen molar-refractivity contribution < 1.29 is 14.6 Å². The number of nitrogens with one attached hydrogen (secondary N) is 1. The van der Waals surface area contributed by atoms with E-state index in [1.807, 2.05) is 12.1 Å². The molecule has 0 bridgehead atoms. The molecule has 1 aromatic carbocycles. The summed E-state index contributed by atoms with van der Waals surface area (Å²) in [5.74, 6) is 0.949. The lowest BCUT2D eigenvalue weighted by Gasteiger charge is -2.27. The lowest BCUT2D eigenvalue weighted by molar-refractivity contribution is 0.0586. The first-order valence-corrected chi connectivity index (χ1v) is 7.32. The van der Waals surface area contributed by atoms with Crippen molar-refractivity contribution in [1.29, 1.82) is 0 Å². The lowest BCUT2D eigenvalue weighted by atomic mass is 10.0. The predicted octanol–water partition coefficient (Wildman–Crippen LogP) is 2.26. The van der Waals surface area contributed by atoms with Crippen LogP contribution in [0.25, 0.3) is 0 Å². The van der Waals surface area contributed by atoms with Crippen LogP contribution < -0.4 is 10.1 Å². The average Bonchev–Trinajstić information content (AvgIpc) is 2.39. The Morgan fingerprint density at radius 2 is 2.42 bits per heavy atom. The van der Waals surface area contributed by atoms with Crippen LogP contribution in [0, 0.1) is 0 Å². The van der Waals surface area contributed by atoms with Gasteiger partial charge in [-0.3, -0.25) is 0 Å². The van der Waals surface area contributed by atoms with Crippen molar-refractivity contribution in [3.8, 4) is 5.75 Å². The molecule has 1 heterocycles. The van der Waals surface area contributed by atoms with Gasteiger partial charge in [-0.05, 0) is 31.2 Å². The zero-order chi connectivity index (χ0) is 13.7. The number of ether oxygens (including phenoxy) is 2. The van der Waals surface area contributed by atoms with Gasteiger partial charge in [-0.15, -0.1) is 0 Å². The third-order valence-electron chi connectivity index (χ3n) is 3.24. The van der Waals surface area contributed by atoms with Gasteiger partial charge in [0.15, 0.2) is 0 Å². The van der Waals surface area contributed by atoms with Crippen LogP contribution >= 0.6 is 15.9 Å². The van der Waals surface area contributed by atoms with E-state index in [0.717, 1.165) is 29.8 Å². The van der Waals surface area contributed by atoms with Crippen molar-refractivity contribution in [2.45, 2.75) is 25.0 Å². The molecular formula is C14H20BrNO3. The molecule has 2 unspecified atom stereocenters. The molecule has 19 heavy (non-hydrogen) atoms. The van der Waals surface area contributed by atoms with E-state index in [4.69, 9.17) is 9.47 Å². The molecule has 0 saturated heterocycles.